The molecule has 1 atom stereocenters. The summed E-state index contributed by atoms with van der Waals surface area (Å²) < 4.78 is 14.0. The highest BCUT2D eigenvalue weighted by molar-refractivity contribution is 8.13. The molecule has 2 aliphatic heterocycles. The molecule has 3 aromatic carbocycles. The van der Waals surface area contributed by atoms with Gasteiger partial charge in [-0.1, -0.05) is 78.0 Å². The van der Waals surface area contributed by atoms with E-state index >= 15 is 0 Å². The Bertz CT molecular complexity index is 1320. The SMILES string of the molecule is Cc1ccc([C@H]2N=c3ccccc3=C3C(=O)NC(SCc4ccccc4F)=NN32)cc1. The first-order valence-corrected chi connectivity index (χ1v) is 10.9. The van der Waals surface area contributed by atoms with Gasteiger partial charge < -0.3 is 0 Å². The molecule has 5 nitrogen and oxygen atoms in total. The molecule has 0 bridgehead atoms. The quantitative estimate of drug-likeness (QED) is 0.694. The van der Waals surface area contributed by atoms with Gasteiger partial charge in [-0.2, -0.15) is 0 Å². The number of carbonyl (C=O) groups is 1. The van der Waals surface area contributed by atoms with Crippen molar-refractivity contribution in [2.75, 3.05) is 0 Å². The van der Waals surface area contributed by atoms with Crippen LogP contribution in [0.3, 0.4) is 0 Å². The fraction of sp³-hybridized carbons (Fsp3) is 0.125. The molecular weight excluding hydrogens is 411 g/mol. The van der Waals surface area contributed by atoms with Gasteiger partial charge in [-0.05, 0) is 30.2 Å². The van der Waals surface area contributed by atoms with Crippen LogP contribution >= 0.6 is 11.8 Å². The molecule has 0 fully saturated rings. The second kappa shape index (κ2) is 8.00. The average molecular weight is 431 g/mol. The predicted octanol–water partition coefficient (Wildman–Crippen LogP) is 3.21. The van der Waals surface area contributed by atoms with E-state index in [1.54, 1.807) is 23.2 Å². The maximum absolute atomic E-state index is 14.0. The lowest BCUT2D eigenvalue weighted by Crippen LogP contribution is -2.50. The molecule has 7 heteroatoms. The van der Waals surface area contributed by atoms with E-state index in [-0.39, 0.29) is 11.7 Å². The third-order valence-electron chi connectivity index (χ3n) is 5.21. The van der Waals surface area contributed by atoms with Crippen molar-refractivity contribution in [1.29, 1.82) is 0 Å². The summed E-state index contributed by atoms with van der Waals surface area (Å²) >= 11 is 1.29. The van der Waals surface area contributed by atoms with Crippen LogP contribution in [0, 0.1) is 12.7 Å². The van der Waals surface area contributed by atoms with Crippen molar-refractivity contribution in [2.45, 2.75) is 18.8 Å². The first kappa shape index (κ1) is 19.5. The van der Waals surface area contributed by atoms with Crippen LogP contribution < -0.4 is 15.9 Å². The summed E-state index contributed by atoms with van der Waals surface area (Å²) in [7, 11) is 0. The first-order chi connectivity index (χ1) is 15.1. The van der Waals surface area contributed by atoms with E-state index in [0.717, 1.165) is 21.7 Å². The molecule has 3 aromatic rings. The lowest BCUT2D eigenvalue weighted by Gasteiger charge is -2.34. The minimum atomic E-state index is -0.458. The Morgan fingerprint density at radius 3 is 2.58 bits per heavy atom. The summed E-state index contributed by atoms with van der Waals surface area (Å²) in [4.78, 5) is 18.0. The molecule has 0 saturated heterocycles. The minimum absolute atomic E-state index is 0.245. The average Bonchev–Trinajstić information content (AvgIpc) is 2.78. The Hall–Kier alpha value is -3.45. The van der Waals surface area contributed by atoms with E-state index in [4.69, 9.17) is 10.1 Å². The van der Waals surface area contributed by atoms with Crippen LogP contribution in [-0.2, 0) is 10.5 Å². The summed E-state index contributed by atoms with van der Waals surface area (Å²) in [5.74, 6) is -0.160. The van der Waals surface area contributed by atoms with Gasteiger partial charge in [-0.15, -0.1) is 5.10 Å². The van der Waals surface area contributed by atoms with Crippen LogP contribution in [0.2, 0.25) is 0 Å². The van der Waals surface area contributed by atoms with Crippen molar-refractivity contribution in [3.63, 3.8) is 0 Å². The number of aryl methyl sites for hydroxylation is 1. The fourth-order valence-corrected chi connectivity index (χ4v) is 4.45. The molecule has 31 heavy (non-hydrogen) atoms. The van der Waals surface area contributed by atoms with Crippen molar-refractivity contribution in [2.24, 2.45) is 10.1 Å². The molecule has 0 aromatic heterocycles. The van der Waals surface area contributed by atoms with Crippen LogP contribution in [0.4, 0.5) is 4.39 Å². The van der Waals surface area contributed by atoms with Crippen LogP contribution in [0.1, 0.15) is 22.9 Å². The number of amidine groups is 1. The van der Waals surface area contributed by atoms with Gasteiger partial charge in [0.1, 0.15) is 11.5 Å². The zero-order chi connectivity index (χ0) is 21.4. The zero-order valence-electron chi connectivity index (χ0n) is 16.7. The molecule has 1 amide bonds. The summed E-state index contributed by atoms with van der Waals surface area (Å²) in [5, 5.41) is 11.2. The number of nitrogens with zero attached hydrogens (tertiary/aromatic N) is 3. The number of thioether (sulfide) groups is 1. The molecule has 1 N–H and O–H groups in total. The van der Waals surface area contributed by atoms with Gasteiger partial charge >= 0.3 is 0 Å². The molecule has 2 aliphatic rings. The number of carbonyl (C=O) groups excluding carboxylic acids is 1. The Kier molecular flexibility index (Phi) is 5.03. The first-order valence-electron chi connectivity index (χ1n) is 9.89. The molecule has 0 unspecified atom stereocenters. The normalized spacial score (nSPS) is 17.3. The van der Waals surface area contributed by atoms with Crippen LogP contribution in [0.15, 0.2) is 82.9 Å². The molecular formula is C24H19FN4OS. The Labute approximate surface area is 183 Å². The monoisotopic (exact) mass is 430 g/mol. The molecule has 0 saturated carbocycles. The van der Waals surface area contributed by atoms with Gasteiger partial charge in [0.2, 0.25) is 0 Å². The second-order valence-electron chi connectivity index (χ2n) is 7.36. The van der Waals surface area contributed by atoms with E-state index in [1.165, 1.54) is 17.8 Å². The van der Waals surface area contributed by atoms with Crippen molar-refractivity contribution in [3.05, 3.63) is 106 Å². The Morgan fingerprint density at radius 1 is 1.03 bits per heavy atom. The van der Waals surface area contributed by atoms with Crippen molar-refractivity contribution in [1.82, 2.24) is 10.3 Å². The number of hydrogen-bond donors (Lipinski definition) is 1. The summed E-state index contributed by atoms with van der Waals surface area (Å²) in [6, 6.07) is 22.2. The van der Waals surface area contributed by atoms with Gasteiger partial charge in [0.15, 0.2) is 11.3 Å². The lowest BCUT2D eigenvalue weighted by atomic mass is 10.1. The Morgan fingerprint density at radius 2 is 1.77 bits per heavy atom. The lowest BCUT2D eigenvalue weighted by molar-refractivity contribution is -0.116. The molecule has 5 rings (SSSR count). The molecule has 0 spiro atoms. The van der Waals surface area contributed by atoms with Crippen molar-refractivity contribution < 1.29 is 9.18 Å². The zero-order valence-corrected chi connectivity index (χ0v) is 17.6. The number of halogens is 1. The largest absolute Gasteiger partial charge is 0.298 e. The van der Waals surface area contributed by atoms with E-state index in [9.17, 15) is 9.18 Å². The number of hydrazone groups is 1. The van der Waals surface area contributed by atoms with Crippen LogP contribution in [-0.4, -0.2) is 16.1 Å². The summed E-state index contributed by atoms with van der Waals surface area (Å²) in [6.07, 6.45) is -0.458. The van der Waals surface area contributed by atoms with E-state index in [0.29, 0.717) is 22.2 Å². The number of para-hydroxylation sites is 1. The maximum Gasteiger partial charge on any atom is 0.276 e. The standard InChI is InChI=1S/C24H19FN4OS/c1-15-10-12-16(13-11-15)22-26-20-9-5-3-7-18(20)21-23(30)27-24(28-29(21)22)31-14-17-6-2-4-8-19(17)25/h2-13,22H,14H2,1H3,(H,27,28,30)/t22-/m0/s1. The van der Waals surface area contributed by atoms with E-state index in [2.05, 4.69) is 5.32 Å². The molecule has 2 heterocycles. The van der Waals surface area contributed by atoms with E-state index < -0.39 is 6.17 Å². The number of amides is 1. The third-order valence-corrected chi connectivity index (χ3v) is 6.13. The van der Waals surface area contributed by atoms with Crippen molar-refractivity contribution >= 4 is 28.5 Å². The predicted molar refractivity (Wildman–Crippen MR) is 120 cm³/mol. The highest BCUT2D eigenvalue weighted by Crippen LogP contribution is 2.31. The number of benzene rings is 3. The molecule has 154 valence electrons. The minimum Gasteiger partial charge on any atom is -0.298 e. The van der Waals surface area contributed by atoms with E-state index in [1.807, 2.05) is 55.5 Å². The maximum atomic E-state index is 14.0. The Balaban J connectivity index is 1.56. The van der Waals surface area contributed by atoms with Gasteiger partial charge in [0.25, 0.3) is 5.91 Å². The number of fused-ring (bicyclic) bond motifs is 2. The number of nitrogens with one attached hydrogen (secondary N) is 1. The smallest absolute Gasteiger partial charge is 0.276 e. The highest BCUT2D eigenvalue weighted by atomic mass is 32.2. The van der Waals surface area contributed by atoms with Gasteiger partial charge in [0.05, 0.1) is 5.36 Å². The van der Waals surface area contributed by atoms with Crippen LogP contribution in [0.25, 0.3) is 5.70 Å². The van der Waals surface area contributed by atoms with Crippen LogP contribution in [0.5, 0.6) is 0 Å². The number of rotatable bonds is 3. The highest BCUT2D eigenvalue weighted by Gasteiger charge is 2.34. The summed E-state index contributed by atoms with van der Waals surface area (Å²) in [6.45, 7) is 2.03. The topological polar surface area (TPSA) is 57.1 Å². The third kappa shape index (κ3) is 3.72. The van der Waals surface area contributed by atoms with Gasteiger partial charge in [-0.3, -0.25) is 15.1 Å². The summed E-state index contributed by atoms with van der Waals surface area (Å²) in [5.41, 5.74) is 3.11. The molecule has 0 aliphatic carbocycles. The fourth-order valence-electron chi connectivity index (χ4n) is 3.61. The molecule has 0 radical (unpaired) electrons. The number of hydrogen-bond acceptors (Lipinski definition) is 5. The van der Waals surface area contributed by atoms with Crippen molar-refractivity contribution in [3.8, 4) is 0 Å². The van der Waals surface area contributed by atoms with Gasteiger partial charge in [0, 0.05) is 11.0 Å². The van der Waals surface area contributed by atoms with Gasteiger partial charge in [-0.25, -0.2) is 9.40 Å². The second-order valence-corrected chi connectivity index (χ2v) is 8.33.